The number of thioether (sulfide) groups is 1. The Hall–Kier alpha value is -3.49. The number of carbonyl (C=O) groups excluding carboxylic acids is 1. The quantitative estimate of drug-likeness (QED) is 0.253. The maximum atomic E-state index is 14.9. The highest BCUT2D eigenvalue weighted by Crippen LogP contribution is 2.50. The van der Waals surface area contributed by atoms with Gasteiger partial charge in [-0.15, -0.1) is 27.8 Å². The van der Waals surface area contributed by atoms with Crippen molar-refractivity contribution in [2.24, 2.45) is 16.3 Å². The highest BCUT2D eigenvalue weighted by molar-refractivity contribution is 7.99. The largest absolute Gasteiger partial charge is 0.417 e. The molecule has 1 amide bonds. The predicted octanol–water partition coefficient (Wildman–Crippen LogP) is 6.07. The first-order chi connectivity index (χ1) is 20.5. The highest BCUT2D eigenvalue weighted by Gasteiger charge is 2.40. The fourth-order valence-electron chi connectivity index (χ4n) is 5.97. The number of halogens is 4. The Morgan fingerprint density at radius 1 is 1.21 bits per heavy atom. The predicted molar refractivity (Wildman–Crippen MR) is 162 cm³/mol. The van der Waals surface area contributed by atoms with E-state index in [1.807, 2.05) is 18.7 Å². The van der Waals surface area contributed by atoms with Crippen molar-refractivity contribution < 1.29 is 22.7 Å². The zero-order valence-corrected chi connectivity index (χ0v) is 25.5. The summed E-state index contributed by atoms with van der Waals surface area (Å²) < 4.78 is 47.6. The number of hydrogen-bond acceptors (Lipinski definition) is 8. The van der Waals surface area contributed by atoms with Crippen molar-refractivity contribution in [1.29, 1.82) is 0 Å². The summed E-state index contributed by atoms with van der Waals surface area (Å²) >= 11 is 8.58. The molecule has 0 aliphatic carbocycles. The van der Waals surface area contributed by atoms with E-state index in [1.165, 1.54) is 39.4 Å². The van der Waals surface area contributed by atoms with Crippen LogP contribution in [0.25, 0.3) is 21.3 Å². The van der Waals surface area contributed by atoms with E-state index in [-0.39, 0.29) is 60.3 Å². The third kappa shape index (κ3) is 5.40. The zero-order valence-electron chi connectivity index (χ0n) is 23.1. The average Bonchev–Trinajstić information content (AvgIpc) is 3.58. The molecule has 3 atom stereocenters. The second-order valence-electron chi connectivity index (χ2n) is 10.6. The minimum absolute atomic E-state index is 0.00302. The first-order valence-corrected chi connectivity index (χ1v) is 15.7. The van der Waals surface area contributed by atoms with Crippen LogP contribution in [0.4, 0.5) is 19.0 Å². The van der Waals surface area contributed by atoms with Crippen LogP contribution in [0.2, 0.25) is 5.02 Å². The fraction of sp³-hybridized carbons (Fsp3) is 0.357. The number of carbonyl (C=O) groups is 1. The molecule has 15 heteroatoms. The number of aromatic nitrogens is 2. The van der Waals surface area contributed by atoms with Gasteiger partial charge in [0, 0.05) is 69.5 Å². The van der Waals surface area contributed by atoms with Gasteiger partial charge in [0.15, 0.2) is 6.20 Å². The molecule has 3 aliphatic heterocycles. The van der Waals surface area contributed by atoms with Crippen molar-refractivity contribution in [2.75, 3.05) is 23.7 Å². The lowest BCUT2D eigenvalue weighted by Gasteiger charge is -2.44. The summed E-state index contributed by atoms with van der Waals surface area (Å²) in [4.78, 5) is 34.9. The van der Waals surface area contributed by atoms with E-state index in [9.17, 15) is 22.8 Å². The smallest absolute Gasteiger partial charge is 0.352 e. The Morgan fingerprint density at radius 2 is 1.95 bits per heavy atom. The van der Waals surface area contributed by atoms with Crippen LogP contribution in [-0.2, 0) is 17.5 Å². The van der Waals surface area contributed by atoms with Gasteiger partial charge < -0.3 is 9.80 Å². The molecule has 6 rings (SSSR count). The van der Waals surface area contributed by atoms with E-state index >= 15 is 0 Å². The summed E-state index contributed by atoms with van der Waals surface area (Å²) in [6.45, 7) is 8.05. The molecule has 0 N–H and O–H groups in total. The molecule has 5 heterocycles. The minimum Gasteiger partial charge on any atom is -0.352 e. The first-order valence-electron chi connectivity index (χ1n) is 13.4. The Labute approximate surface area is 257 Å². The molecule has 43 heavy (non-hydrogen) atoms. The summed E-state index contributed by atoms with van der Waals surface area (Å²) in [5, 5.41) is 9.96. The summed E-state index contributed by atoms with van der Waals surface area (Å²) in [5.41, 5.74) is -0.999. The number of piperazine rings is 1. The standard InChI is InChI=1S/C28H26ClF3N7O2S2/c1-4-22(40)39-15(2)9-36(10-16(39)3)26-19-8-20(28(30,31)32)23(21-7-18(29)14-42-21)25-24(19)38(27(41)34-26)12-17(13-43-25)11-37-6-5-33-35-37/h4-8,11,14-17H,1,9-10,12-13H2,2-3H3/q+1/b37-11-/t15-,16+,17?. The monoisotopic (exact) mass is 648 g/mol. The molecule has 0 bridgehead atoms. The Bertz CT molecular complexity index is 1770. The number of alkyl halides is 3. The summed E-state index contributed by atoms with van der Waals surface area (Å²) in [6.07, 6.45) is 1.51. The maximum Gasteiger partial charge on any atom is 0.417 e. The third-order valence-electron chi connectivity index (χ3n) is 7.63. The number of hydrogen-bond donors (Lipinski definition) is 0. The molecule has 3 aromatic rings. The lowest BCUT2D eigenvalue weighted by molar-refractivity contribution is -0.461. The van der Waals surface area contributed by atoms with E-state index < -0.39 is 17.4 Å². The van der Waals surface area contributed by atoms with Crippen molar-refractivity contribution >= 4 is 63.5 Å². The molecule has 0 saturated carbocycles. The van der Waals surface area contributed by atoms with Crippen molar-refractivity contribution in [3.8, 4) is 10.4 Å². The fourth-order valence-corrected chi connectivity index (χ4v) is 8.47. The topological polar surface area (TPSA) is 86.2 Å². The van der Waals surface area contributed by atoms with Gasteiger partial charge in [0.1, 0.15) is 17.3 Å². The molecular formula is C28H26ClF3N7O2S2+. The number of benzene rings is 1. The molecule has 0 radical (unpaired) electrons. The molecule has 3 aliphatic rings. The van der Waals surface area contributed by atoms with E-state index in [0.717, 1.165) is 17.4 Å². The second kappa shape index (κ2) is 11.2. The Kier molecular flexibility index (Phi) is 7.71. The molecule has 224 valence electrons. The van der Waals surface area contributed by atoms with Crippen LogP contribution in [0.5, 0.6) is 0 Å². The van der Waals surface area contributed by atoms with Crippen LogP contribution < -0.4 is 10.6 Å². The van der Waals surface area contributed by atoms with Crippen LogP contribution >= 0.6 is 34.7 Å². The van der Waals surface area contributed by atoms with Crippen LogP contribution in [0, 0.1) is 5.92 Å². The van der Waals surface area contributed by atoms with Crippen LogP contribution in [-0.4, -0.2) is 62.2 Å². The minimum atomic E-state index is -4.70. The van der Waals surface area contributed by atoms with Crippen LogP contribution in [0.1, 0.15) is 19.4 Å². The number of anilines is 1. The number of rotatable bonds is 4. The van der Waals surface area contributed by atoms with Gasteiger partial charge in [-0.3, -0.25) is 9.36 Å². The van der Waals surface area contributed by atoms with Crippen molar-refractivity contribution in [2.45, 2.75) is 43.5 Å². The van der Waals surface area contributed by atoms with Crippen molar-refractivity contribution in [3.05, 3.63) is 63.6 Å². The normalized spacial score (nSPS) is 22.9. The average molecular weight is 649 g/mol. The van der Waals surface area contributed by atoms with E-state index in [0.29, 0.717) is 26.1 Å². The summed E-state index contributed by atoms with van der Waals surface area (Å²) in [5.74, 6) is 0.0541. The molecule has 1 aromatic carbocycles. The van der Waals surface area contributed by atoms with Gasteiger partial charge >= 0.3 is 11.9 Å². The summed E-state index contributed by atoms with van der Waals surface area (Å²) in [6, 6.07) is 2.04. The van der Waals surface area contributed by atoms with Crippen molar-refractivity contribution in [3.63, 3.8) is 0 Å². The lowest BCUT2D eigenvalue weighted by Crippen LogP contribution is -2.58. The Morgan fingerprint density at radius 3 is 2.56 bits per heavy atom. The molecule has 2 aromatic heterocycles. The summed E-state index contributed by atoms with van der Waals surface area (Å²) in [7, 11) is 0. The van der Waals surface area contributed by atoms with Gasteiger partial charge in [0.2, 0.25) is 12.1 Å². The first kappa shape index (κ1) is 29.6. The van der Waals surface area contributed by atoms with Crippen LogP contribution in [0.15, 0.2) is 62.6 Å². The molecular weight excluding hydrogens is 623 g/mol. The van der Waals surface area contributed by atoms with E-state index in [2.05, 4.69) is 21.9 Å². The number of nitrogens with zero attached hydrogens (tertiary/aromatic N) is 7. The van der Waals surface area contributed by atoms with E-state index in [4.69, 9.17) is 11.6 Å². The Balaban J connectivity index is 1.60. The van der Waals surface area contributed by atoms with Gasteiger partial charge in [0.25, 0.3) is 0 Å². The molecule has 0 spiro atoms. The molecule has 1 saturated heterocycles. The van der Waals surface area contributed by atoms with Gasteiger partial charge in [-0.2, -0.15) is 18.2 Å². The van der Waals surface area contributed by atoms with Gasteiger partial charge in [-0.25, -0.2) is 4.79 Å². The SMILES string of the molecule is C=CC(=O)N1[C@H](C)CN(c2nc(=O)n3c4c(c(-c5cc(Cl)cs5)c(C(F)(F)F)cc24)SCC(/C=[N+]2/C=CN=N2)C3)C[C@@H]1C. The number of amides is 1. The lowest BCUT2D eigenvalue weighted by atomic mass is 10.00. The second-order valence-corrected chi connectivity index (χ2v) is 13.0. The molecule has 9 nitrogen and oxygen atoms in total. The van der Waals surface area contributed by atoms with Crippen LogP contribution in [0.3, 0.4) is 0 Å². The molecule has 1 unspecified atom stereocenters. The molecule has 1 fully saturated rings. The van der Waals surface area contributed by atoms with Gasteiger partial charge in [-0.05, 0) is 32.1 Å². The third-order valence-corrected chi connectivity index (χ3v) is 10.2. The van der Waals surface area contributed by atoms with Gasteiger partial charge in [-0.1, -0.05) is 18.2 Å². The maximum absolute atomic E-state index is 14.9. The van der Waals surface area contributed by atoms with E-state index in [1.54, 1.807) is 22.7 Å². The number of thiophene rings is 1. The van der Waals surface area contributed by atoms with Crippen molar-refractivity contribution in [1.82, 2.24) is 14.5 Å². The highest BCUT2D eigenvalue weighted by atomic mass is 35.5. The zero-order chi connectivity index (χ0) is 30.6. The van der Waals surface area contributed by atoms with Gasteiger partial charge in [0.05, 0.1) is 21.2 Å².